The molecule has 0 aromatic heterocycles. The van der Waals surface area contributed by atoms with Crippen molar-refractivity contribution >= 4 is 27.5 Å². The first-order chi connectivity index (χ1) is 10.8. The van der Waals surface area contributed by atoms with E-state index in [4.69, 9.17) is 0 Å². The zero-order chi connectivity index (χ0) is 17.0. The Morgan fingerprint density at radius 3 is 2.26 bits per heavy atom. The minimum atomic E-state index is -0.225. The molecule has 2 rings (SSSR count). The Morgan fingerprint density at radius 1 is 1.04 bits per heavy atom. The third kappa shape index (κ3) is 4.76. The summed E-state index contributed by atoms with van der Waals surface area (Å²) in [6, 6.07) is 15.5. The van der Waals surface area contributed by atoms with E-state index in [0.29, 0.717) is 5.56 Å². The van der Waals surface area contributed by atoms with Gasteiger partial charge in [-0.25, -0.2) is 5.43 Å². The molecule has 3 nitrogen and oxygen atoms in total. The van der Waals surface area contributed by atoms with Crippen LogP contribution in [0.5, 0.6) is 0 Å². The summed E-state index contributed by atoms with van der Waals surface area (Å²) < 4.78 is 0.864. The second kappa shape index (κ2) is 7.09. The van der Waals surface area contributed by atoms with Gasteiger partial charge in [0.1, 0.15) is 0 Å². The average Bonchev–Trinajstić information content (AvgIpc) is 2.51. The second-order valence-electron chi connectivity index (χ2n) is 6.48. The molecule has 0 bridgehead atoms. The van der Waals surface area contributed by atoms with Gasteiger partial charge in [-0.3, -0.25) is 4.79 Å². The zero-order valence-electron chi connectivity index (χ0n) is 13.9. The fourth-order valence-corrected chi connectivity index (χ4v) is 2.50. The van der Waals surface area contributed by atoms with Gasteiger partial charge in [-0.1, -0.05) is 67.0 Å². The normalized spacial score (nSPS) is 12.1. The summed E-state index contributed by atoms with van der Waals surface area (Å²) in [7, 11) is 0. The van der Waals surface area contributed by atoms with Gasteiger partial charge in [-0.15, -0.1) is 0 Å². The summed E-state index contributed by atoms with van der Waals surface area (Å²) in [6.45, 7) is 8.43. The average molecular weight is 373 g/mol. The summed E-state index contributed by atoms with van der Waals surface area (Å²) in [6.07, 6.45) is 0. The van der Waals surface area contributed by atoms with E-state index in [1.54, 1.807) is 12.1 Å². The van der Waals surface area contributed by atoms with Crippen molar-refractivity contribution in [3.05, 3.63) is 69.7 Å². The van der Waals surface area contributed by atoms with Gasteiger partial charge >= 0.3 is 0 Å². The lowest BCUT2D eigenvalue weighted by atomic mass is 9.86. The molecule has 0 spiro atoms. The van der Waals surface area contributed by atoms with Crippen molar-refractivity contribution in [1.29, 1.82) is 0 Å². The highest BCUT2D eigenvalue weighted by Crippen LogP contribution is 2.22. The van der Waals surface area contributed by atoms with Gasteiger partial charge in [-0.05, 0) is 41.7 Å². The predicted molar refractivity (Wildman–Crippen MR) is 99.0 cm³/mol. The Morgan fingerprint density at radius 2 is 1.70 bits per heavy atom. The highest BCUT2D eigenvalue weighted by atomic mass is 79.9. The molecule has 0 atom stereocenters. The van der Waals surface area contributed by atoms with Crippen LogP contribution in [0.2, 0.25) is 0 Å². The lowest BCUT2D eigenvalue weighted by molar-refractivity contribution is 0.0955. The van der Waals surface area contributed by atoms with Crippen LogP contribution in [0, 0.1) is 0 Å². The summed E-state index contributed by atoms with van der Waals surface area (Å²) in [5, 5.41) is 4.19. The monoisotopic (exact) mass is 372 g/mol. The van der Waals surface area contributed by atoms with Gasteiger partial charge in [0.25, 0.3) is 5.91 Å². The first-order valence-corrected chi connectivity index (χ1v) is 8.28. The van der Waals surface area contributed by atoms with Crippen molar-refractivity contribution in [2.24, 2.45) is 5.10 Å². The summed E-state index contributed by atoms with van der Waals surface area (Å²) >= 11 is 3.35. The molecular weight excluding hydrogens is 352 g/mol. The Labute approximate surface area is 145 Å². The lowest BCUT2D eigenvalue weighted by Crippen LogP contribution is -2.19. The number of rotatable bonds is 3. The van der Waals surface area contributed by atoms with Crippen LogP contribution in [-0.2, 0) is 5.41 Å². The molecule has 2 aromatic rings. The first-order valence-electron chi connectivity index (χ1n) is 7.48. The number of halogens is 1. The number of hydrazone groups is 1. The van der Waals surface area contributed by atoms with Gasteiger partial charge in [0, 0.05) is 10.0 Å². The van der Waals surface area contributed by atoms with Crippen molar-refractivity contribution in [3.8, 4) is 0 Å². The van der Waals surface area contributed by atoms with E-state index in [0.717, 1.165) is 15.7 Å². The van der Waals surface area contributed by atoms with Crippen LogP contribution in [-0.4, -0.2) is 11.6 Å². The van der Waals surface area contributed by atoms with Crippen LogP contribution in [0.4, 0.5) is 0 Å². The van der Waals surface area contributed by atoms with E-state index in [9.17, 15) is 4.79 Å². The second-order valence-corrected chi connectivity index (χ2v) is 7.39. The fourth-order valence-electron chi connectivity index (χ4n) is 2.10. The molecule has 120 valence electrons. The quantitative estimate of drug-likeness (QED) is 0.603. The number of nitrogens with zero attached hydrogens (tertiary/aromatic N) is 1. The number of hydrogen-bond acceptors (Lipinski definition) is 2. The molecule has 2 aromatic carbocycles. The van der Waals surface area contributed by atoms with E-state index in [1.165, 1.54) is 5.56 Å². The van der Waals surface area contributed by atoms with Gasteiger partial charge < -0.3 is 0 Å². The molecule has 1 N–H and O–H groups in total. The van der Waals surface area contributed by atoms with Gasteiger partial charge in [0.15, 0.2) is 0 Å². The molecule has 0 aliphatic heterocycles. The molecule has 0 unspecified atom stereocenters. The highest BCUT2D eigenvalue weighted by Gasteiger charge is 2.13. The van der Waals surface area contributed by atoms with Crippen LogP contribution in [0.25, 0.3) is 0 Å². The summed E-state index contributed by atoms with van der Waals surface area (Å²) in [5.41, 5.74) is 6.33. The minimum absolute atomic E-state index is 0.124. The fraction of sp³-hybridized carbons (Fsp3) is 0.263. The standard InChI is InChI=1S/C19H21BrN2O/c1-13(14-8-10-16(11-9-14)19(2,3)4)21-22-18(23)15-6-5-7-17(20)12-15/h5-12H,1-4H3,(H,22,23)/b21-13+. The van der Waals surface area contributed by atoms with Crippen molar-refractivity contribution in [1.82, 2.24) is 5.43 Å². The van der Waals surface area contributed by atoms with Gasteiger partial charge in [-0.2, -0.15) is 5.10 Å². The topological polar surface area (TPSA) is 41.5 Å². The maximum atomic E-state index is 12.1. The third-order valence-electron chi connectivity index (χ3n) is 3.58. The SMILES string of the molecule is C/C(=N\NC(=O)c1cccc(Br)c1)c1ccc(C(C)(C)C)cc1. The van der Waals surface area contributed by atoms with Crippen LogP contribution < -0.4 is 5.43 Å². The molecule has 0 fully saturated rings. The van der Waals surface area contributed by atoms with E-state index in [1.807, 2.05) is 31.2 Å². The number of nitrogens with one attached hydrogen (secondary N) is 1. The minimum Gasteiger partial charge on any atom is -0.267 e. The van der Waals surface area contributed by atoms with Crippen LogP contribution in [0.15, 0.2) is 58.1 Å². The lowest BCUT2D eigenvalue weighted by Gasteiger charge is -2.19. The Balaban J connectivity index is 2.09. The Hall–Kier alpha value is -1.94. The Bertz CT molecular complexity index is 728. The number of benzene rings is 2. The number of amides is 1. The highest BCUT2D eigenvalue weighted by molar-refractivity contribution is 9.10. The number of hydrogen-bond donors (Lipinski definition) is 1. The smallest absolute Gasteiger partial charge is 0.267 e. The molecule has 0 heterocycles. The zero-order valence-corrected chi connectivity index (χ0v) is 15.4. The molecule has 0 aliphatic carbocycles. The van der Waals surface area contributed by atoms with Crippen LogP contribution >= 0.6 is 15.9 Å². The maximum absolute atomic E-state index is 12.1. The molecular formula is C19H21BrN2O. The maximum Gasteiger partial charge on any atom is 0.271 e. The Kier molecular flexibility index (Phi) is 5.37. The van der Waals surface area contributed by atoms with Gasteiger partial charge in [0.05, 0.1) is 5.71 Å². The molecule has 23 heavy (non-hydrogen) atoms. The van der Waals surface area contributed by atoms with E-state index < -0.39 is 0 Å². The van der Waals surface area contributed by atoms with E-state index in [-0.39, 0.29) is 11.3 Å². The third-order valence-corrected chi connectivity index (χ3v) is 4.07. The van der Waals surface area contributed by atoms with Crippen molar-refractivity contribution in [2.75, 3.05) is 0 Å². The molecule has 0 saturated carbocycles. The van der Waals surface area contributed by atoms with Crippen molar-refractivity contribution in [2.45, 2.75) is 33.1 Å². The van der Waals surface area contributed by atoms with Crippen molar-refractivity contribution in [3.63, 3.8) is 0 Å². The summed E-state index contributed by atoms with van der Waals surface area (Å²) in [5.74, 6) is -0.225. The van der Waals surface area contributed by atoms with Gasteiger partial charge in [0.2, 0.25) is 0 Å². The van der Waals surface area contributed by atoms with Crippen LogP contribution in [0.1, 0.15) is 49.2 Å². The molecule has 0 radical (unpaired) electrons. The van der Waals surface area contributed by atoms with Crippen LogP contribution in [0.3, 0.4) is 0 Å². The molecule has 0 aliphatic rings. The molecule has 4 heteroatoms. The number of carbonyl (C=O) groups is 1. The number of carbonyl (C=O) groups excluding carboxylic acids is 1. The molecule has 1 amide bonds. The first kappa shape index (κ1) is 17.4. The molecule has 0 saturated heterocycles. The van der Waals surface area contributed by atoms with E-state index in [2.05, 4.69) is 59.4 Å². The summed E-state index contributed by atoms with van der Waals surface area (Å²) in [4.78, 5) is 12.1. The van der Waals surface area contributed by atoms with E-state index >= 15 is 0 Å². The predicted octanol–water partition coefficient (Wildman–Crippen LogP) is 4.90. The largest absolute Gasteiger partial charge is 0.271 e. The van der Waals surface area contributed by atoms with Crippen molar-refractivity contribution < 1.29 is 4.79 Å².